The van der Waals surface area contributed by atoms with E-state index in [4.69, 9.17) is 0 Å². The van der Waals surface area contributed by atoms with E-state index in [0.29, 0.717) is 29.2 Å². The van der Waals surface area contributed by atoms with Crippen molar-refractivity contribution in [3.63, 3.8) is 0 Å². The van der Waals surface area contributed by atoms with Gasteiger partial charge in [-0.25, -0.2) is 22.8 Å². The summed E-state index contributed by atoms with van der Waals surface area (Å²) < 4.78 is 76.7. The molecular weight excluding hydrogens is 470 g/mol. The Morgan fingerprint density at radius 3 is 2.38 bits per heavy atom. The Morgan fingerprint density at radius 2 is 1.68 bits per heavy atom. The standard InChI is InChI=1S/C24H17F4N3O2S/c25-21-13-18(24(26,27)28)8-7-17(21)11-12-34(32,33)14-16-5-9-19(10-6-16)31-23-20-3-1-2-4-22(20)29-15-30-23/h1-13,15H,14H2,(H,29,30,31)/b12-11+. The van der Waals surface area contributed by atoms with Crippen LogP contribution in [-0.4, -0.2) is 18.4 Å². The van der Waals surface area contributed by atoms with Gasteiger partial charge in [0.1, 0.15) is 18.0 Å². The summed E-state index contributed by atoms with van der Waals surface area (Å²) in [5.74, 6) is -0.913. The number of alkyl halides is 3. The molecule has 5 nitrogen and oxygen atoms in total. The van der Waals surface area contributed by atoms with E-state index in [-0.39, 0.29) is 11.3 Å². The molecule has 0 spiro atoms. The highest BCUT2D eigenvalue weighted by molar-refractivity contribution is 7.93. The average molecular weight is 487 g/mol. The minimum absolute atomic E-state index is 0.256. The van der Waals surface area contributed by atoms with Crippen LogP contribution >= 0.6 is 0 Å². The Kier molecular flexibility index (Phi) is 6.34. The monoisotopic (exact) mass is 487 g/mol. The molecule has 0 atom stereocenters. The van der Waals surface area contributed by atoms with Crippen molar-refractivity contribution in [1.29, 1.82) is 0 Å². The molecule has 0 saturated heterocycles. The maximum Gasteiger partial charge on any atom is 0.416 e. The van der Waals surface area contributed by atoms with Crippen LogP contribution in [0.25, 0.3) is 17.0 Å². The highest BCUT2D eigenvalue weighted by Gasteiger charge is 2.31. The second-order valence-electron chi connectivity index (χ2n) is 7.41. The second kappa shape index (κ2) is 9.22. The van der Waals surface area contributed by atoms with Crippen LogP contribution in [0, 0.1) is 5.82 Å². The van der Waals surface area contributed by atoms with E-state index in [0.717, 1.165) is 28.5 Å². The van der Waals surface area contributed by atoms with Gasteiger partial charge in [-0.3, -0.25) is 0 Å². The smallest absolute Gasteiger partial charge is 0.340 e. The topological polar surface area (TPSA) is 72.0 Å². The predicted molar refractivity (Wildman–Crippen MR) is 122 cm³/mol. The zero-order valence-electron chi connectivity index (χ0n) is 17.4. The van der Waals surface area contributed by atoms with Gasteiger partial charge < -0.3 is 5.32 Å². The van der Waals surface area contributed by atoms with Crippen molar-refractivity contribution in [2.24, 2.45) is 0 Å². The Morgan fingerprint density at radius 1 is 0.941 bits per heavy atom. The number of aromatic nitrogens is 2. The van der Waals surface area contributed by atoms with Crippen molar-refractivity contribution in [3.05, 3.63) is 101 Å². The fourth-order valence-electron chi connectivity index (χ4n) is 3.22. The third-order valence-electron chi connectivity index (χ3n) is 4.91. The molecule has 1 heterocycles. The maximum absolute atomic E-state index is 13.9. The van der Waals surface area contributed by atoms with E-state index in [1.165, 1.54) is 6.33 Å². The molecule has 0 radical (unpaired) electrons. The molecule has 4 aromatic rings. The summed E-state index contributed by atoms with van der Waals surface area (Å²) in [6.07, 6.45) is -2.30. The Bertz CT molecular complexity index is 1460. The number of benzene rings is 3. The predicted octanol–water partition coefficient (Wildman–Crippen LogP) is 6.12. The van der Waals surface area contributed by atoms with Crippen molar-refractivity contribution in [2.45, 2.75) is 11.9 Å². The molecule has 0 aliphatic heterocycles. The third kappa shape index (κ3) is 5.57. The first-order chi connectivity index (χ1) is 16.1. The molecule has 4 rings (SSSR count). The normalized spacial score (nSPS) is 12.4. The molecule has 0 amide bonds. The summed E-state index contributed by atoms with van der Waals surface area (Å²) in [6.45, 7) is 0. The number of hydrogen-bond acceptors (Lipinski definition) is 5. The summed E-state index contributed by atoms with van der Waals surface area (Å²) in [5, 5.41) is 4.79. The lowest BCUT2D eigenvalue weighted by Crippen LogP contribution is -2.05. The fourth-order valence-corrected chi connectivity index (χ4v) is 4.33. The number of nitrogens with one attached hydrogen (secondary N) is 1. The Hall–Kier alpha value is -3.79. The zero-order valence-corrected chi connectivity index (χ0v) is 18.2. The highest BCUT2D eigenvalue weighted by Crippen LogP contribution is 2.30. The van der Waals surface area contributed by atoms with Gasteiger partial charge >= 0.3 is 6.18 Å². The van der Waals surface area contributed by atoms with E-state index in [1.807, 2.05) is 24.3 Å². The molecule has 0 unspecified atom stereocenters. The van der Waals surface area contributed by atoms with Crippen molar-refractivity contribution in [1.82, 2.24) is 9.97 Å². The SMILES string of the molecule is O=S(=O)(/C=C/c1ccc(C(F)(F)F)cc1F)Cc1ccc(Nc2ncnc3ccccc23)cc1. The summed E-state index contributed by atoms with van der Waals surface area (Å²) in [6, 6.07) is 16.0. The van der Waals surface area contributed by atoms with Crippen LogP contribution in [0.2, 0.25) is 0 Å². The van der Waals surface area contributed by atoms with Crippen molar-refractivity contribution in [3.8, 4) is 0 Å². The fraction of sp³-hybridized carbons (Fsp3) is 0.0833. The molecular formula is C24H17F4N3O2S. The third-order valence-corrected chi connectivity index (χ3v) is 6.20. The lowest BCUT2D eigenvalue weighted by atomic mass is 10.1. The van der Waals surface area contributed by atoms with E-state index in [1.54, 1.807) is 24.3 Å². The molecule has 174 valence electrons. The van der Waals surface area contributed by atoms with Gasteiger partial charge in [-0.05, 0) is 48.0 Å². The van der Waals surface area contributed by atoms with Crippen LogP contribution in [0.4, 0.5) is 29.1 Å². The van der Waals surface area contributed by atoms with Crippen molar-refractivity contribution < 1.29 is 26.0 Å². The Labute approximate surface area is 192 Å². The molecule has 34 heavy (non-hydrogen) atoms. The maximum atomic E-state index is 13.9. The largest absolute Gasteiger partial charge is 0.416 e. The van der Waals surface area contributed by atoms with Gasteiger partial charge in [0.25, 0.3) is 0 Å². The van der Waals surface area contributed by atoms with Crippen LogP contribution in [0.3, 0.4) is 0 Å². The lowest BCUT2D eigenvalue weighted by Gasteiger charge is -2.09. The van der Waals surface area contributed by atoms with Crippen LogP contribution < -0.4 is 5.32 Å². The van der Waals surface area contributed by atoms with Gasteiger partial charge in [0.2, 0.25) is 0 Å². The Balaban J connectivity index is 1.45. The van der Waals surface area contributed by atoms with Gasteiger partial charge in [-0.1, -0.05) is 30.3 Å². The average Bonchev–Trinajstić information content (AvgIpc) is 2.79. The minimum atomic E-state index is -4.68. The van der Waals surface area contributed by atoms with E-state index in [2.05, 4.69) is 15.3 Å². The molecule has 1 aromatic heterocycles. The molecule has 0 aliphatic carbocycles. The van der Waals surface area contributed by atoms with Crippen LogP contribution in [0.15, 0.2) is 78.5 Å². The van der Waals surface area contributed by atoms with Gasteiger partial charge in [0, 0.05) is 22.0 Å². The van der Waals surface area contributed by atoms with Crippen LogP contribution in [-0.2, 0) is 21.8 Å². The van der Waals surface area contributed by atoms with Crippen LogP contribution in [0.1, 0.15) is 16.7 Å². The summed E-state index contributed by atoms with van der Waals surface area (Å²) in [7, 11) is -3.80. The van der Waals surface area contributed by atoms with Crippen molar-refractivity contribution >= 4 is 38.3 Å². The summed E-state index contributed by atoms with van der Waals surface area (Å²) in [5.41, 5.74) is 0.545. The highest BCUT2D eigenvalue weighted by atomic mass is 32.2. The molecule has 0 bridgehead atoms. The number of hydrogen-bond donors (Lipinski definition) is 1. The van der Waals surface area contributed by atoms with Gasteiger partial charge in [0.05, 0.1) is 16.8 Å². The second-order valence-corrected chi connectivity index (χ2v) is 9.29. The van der Waals surface area contributed by atoms with Gasteiger partial charge in [-0.15, -0.1) is 0 Å². The molecule has 0 fully saturated rings. The number of halogens is 4. The van der Waals surface area contributed by atoms with Gasteiger partial charge in [-0.2, -0.15) is 13.2 Å². The number of nitrogens with zero attached hydrogens (tertiary/aromatic N) is 2. The minimum Gasteiger partial charge on any atom is -0.340 e. The summed E-state index contributed by atoms with van der Waals surface area (Å²) >= 11 is 0. The molecule has 3 aromatic carbocycles. The molecule has 10 heteroatoms. The van der Waals surface area contributed by atoms with Crippen LogP contribution in [0.5, 0.6) is 0 Å². The molecule has 0 aliphatic rings. The molecule has 0 saturated carbocycles. The number of rotatable bonds is 6. The quantitative estimate of drug-likeness (QED) is 0.332. The van der Waals surface area contributed by atoms with E-state index in [9.17, 15) is 26.0 Å². The number of anilines is 2. The number of sulfone groups is 1. The summed E-state index contributed by atoms with van der Waals surface area (Å²) in [4.78, 5) is 8.44. The zero-order chi connectivity index (χ0) is 24.3. The van der Waals surface area contributed by atoms with Crippen molar-refractivity contribution in [2.75, 3.05) is 5.32 Å². The van der Waals surface area contributed by atoms with E-state index >= 15 is 0 Å². The lowest BCUT2D eigenvalue weighted by molar-refractivity contribution is -0.137. The first-order valence-electron chi connectivity index (χ1n) is 9.94. The number of para-hydroxylation sites is 1. The number of fused-ring (bicyclic) bond motifs is 1. The van der Waals surface area contributed by atoms with Gasteiger partial charge in [0.15, 0.2) is 9.84 Å². The first-order valence-corrected chi connectivity index (χ1v) is 11.7. The molecule has 1 N–H and O–H groups in total. The van der Waals surface area contributed by atoms with E-state index < -0.39 is 27.4 Å². The first kappa shape index (κ1) is 23.4.